The highest BCUT2D eigenvalue weighted by molar-refractivity contribution is 6.34. The average Bonchev–Trinajstić information content (AvgIpc) is 3.37. The van der Waals surface area contributed by atoms with Gasteiger partial charge in [0.2, 0.25) is 0 Å². The number of ether oxygens (including phenoxy) is 1. The number of benzene rings is 1. The van der Waals surface area contributed by atoms with Crippen molar-refractivity contribution in [2.45, 2.75) is 38.6 Å². The second-order valence-corrected chi connectivity index (χ2v) is 10.7. The van der Waals surface area contributed by atoms with E-state index in [-0.39, 0.29) is 0 Å². The van der Waals surface area contributed by atoms with Crippen molar-refractivity contribution in [2.24, 2.45) is 0 Å². The van der Waals surface area contributed by atoms with E-state index in [9.17, 15) is 0 Å². The number of pyridine rings is 1. The van der Waals surface area contributed by atoms with Gasteiger partial charge in [-0.05, 0) is 56.5 Å². The minimum atomic E-state index is 0.399. The first-order valence-electron chi connectivity index (χ1n) is 13.7. The SMILES string of the molecule is CCCN1CCC(Nc2c(Cl)cnc3[nH]c(-c4ccc(N5CCN(CCCOC)CC5)cc4)nc23)CC1. The van der Waals surface area contributed by atoms with Gasteiger partial charge in [0.25, 0.3) is 0 Å². The van der Waals surface area contributed by atoms with Crippen LogP contribution in [0.1, 0.15) is 32.6 Å². The van der Waals surface area contributed by atoms with Gasteiger partial charge in [-0.1, -0.05) is 18.5 Å². The van der Waals surface area contributed by atoms with Crippen molar-refractivity contribution in [1.29, 1.82) is 0 Å². The van der Waals surface area contributed by atoms with Crippen molar-refractivity contribution in [3.05, 3.63) is 35.5 Å². The van der Waals surface area contributed by atoms with Gasteiger partial charge in [-0.2, -0.15) is 0 Å². The number of methoxy groups -OCH3 is 1. The number of piperazine rings is 1. The number of nitrogens with zero attached hydrogens (tertiary/aromatic N) is 5. The van der Waals surface area contributed by atoms with Gasteiger partial charge in [0.1, 0.15) is 11.3 Å². The van der Waals surface area contributed by atoms with E-state index in [0.29, 0.717) is 11.1 Å². The molecule has 1 aromatic carbocycles. The zero-order valence-electron chi connectivity index (χ0n) is 22.2. The van der Waals surface area contributed by atoms with Crippen LogP contribution in [-0.4, -0.2) is 96.9 Å². The molecule has 2 aliphatic heterocycles. The molecule has 37 heavy (non-hydrogen) atoms. The van der Waals surface area contributed by atoms with Crippen LogP contribution in [0.2, 0.25) is 5.02 Å². The van der Waals surface area contributed by atoms with Crippen molar-refractivity contribution in [1.82, 2.24) is 24.8 Å². The van der Waals surface area contributed by atoms with Crippen LogP contribution in [0.3, 0.4) is 0 Å². The van der Waals surface area contributed by atoms with E-state index in [0.717, 1.165) is 99.9 Å². The lowest BCUT2D eigenvalue weighted by Gasteiger charge is -2.36. The molecule has 2 aliphatic rings. The standard InChI is InChI=1S/C28H40ClN7O/c1-3-11-34-13-9-22(10-14-34)31-25-24(29)20-30-28-26(25)32-27(33-28)21-5-7-23(8-6-21)36-17-15-35(16-18-36)12-4-19-37-2/h5-8,20,22H,3-4,9-19H2,1-2H3,(H2,30,31,32,33). The molecule has 0 bridgehead atoms. The number of rotatable bonds is 10. The summed E-state index contributed by atoms with van der Waals surface area (Å²) >= 11 is 6.60. The van der Waals surface area contributed by atoms with Crippen molar-refractivity contribution >= 4 is 34.1 Å². The maximum absolute atomic E-state index is 6.60. The second kappa shape index (κ2) is 12.4. The predicted octanol–water partition coefficient (Wildman–Crippen LogP) is 4.72. The molecule has 2 saturated heterocycles. The van der Waals surface area contributed by atoms with Crippen LogP contribution in [-0.2, 0) is 4.74 Å². The molecule has 0 saturated carbocycles. The quantitative estimate of drug-likeness (QED) is 0.371. The number of aromatic nitrogens is 3. The third-order valence-electron chi connectivity index (χ3n) is 7.64. The molecule has 0 amide bonds. The van der Waals surface area contributed by atoms with Gasteiger partial charge in [-0.3, -0.25) is 4.90 Å². The van der Waals surface area contributed by atoms with Crippen molar-refractivity contribution < 1.29 is 4.74 Å². The second-order valence-electron chi connectivity index (χ2n) is 10.2. The Balaban J connectivity index is 1.24. The first-order chi connectivity index (χ1) is 18.1. The summed E-state index contributed by atoms with van der Waals surface area (Å²) in [6.07, 6.45) is 6.25. The van der Waals surface area contributed by atoms with Gasteiger partial charge < -0.3 is 24.8 Å². The van der Waals surface area contributed by atoms with Gasteiger partial charge >= 0.3 is 0 Å². The number of hydrogen-bond acceptors (Lipinski definition) is 7. The van der Waals surface area contributed by atoms with Crippen molar-refractivity contribution in [3.63, 3.8) is 0 Å². The Hall–Kier alpha value is -2.39. The molecule has 200 valence electrons. The van der Waals surface area contributed by atoms with E-state index in [1.165, 1.54) is 18.7 Å². The lowest BCUT2D eigenvalue weighted by atomic mass is 10.0. The Bertz CT molecular complexity index is 1140. The summed E-state index contributed by atoms with van der Waals surface area (Å²) in [6.45, 7) is 11.9. The van der Waals surface area contributed by atoms with Gasteiger partial charge in [-0.25, -0.2) is 9.97 Å². The molecule has 2 aromatic heterocycles. The van der Waals surface area contributed by atoms with Gasteiger partial charge in [0.05, 0.1) is 16.9 Å². The summed E-state index contributed by atoms with van der Waals surface area (Å²) in [4.78, 5) is 20.4. The van der Waals surface area contributed by atoms with Gasteiger partial charge in [0.15, 0.2) is 5.65 Å². The molecule has 3 aromatic rings. The Morgan fingerprint density at radius 2 is 1.76 bits per heavy atom. The van der Waals surface area contributed by atoms with Crippen LogP contribution in [0.4, 0.5) is 11.4 Å². The molecule has 0 aliphatic carbocycles. The lowest BCUT2D eigenvalue weighted by molar-refractivity contribution is 0.169. The smallest absolute Gasteiger partial charge is 0.159 e. The van der Waals surface area contributed by atoms with E-state index in [4.69, 9.17) is 21.3 Å². The van der Waals surface area contributed by atoms with E-state index in [2.05, 4.69) is 61.2 Å². The number of imidazole rings is 1. The highest BCUT2D eigenvalue weighted by atomic mass is 35.5. The largest absolute Gasteiger partial charge is 0.385 e. The number of fused-ring (bicyclic) bond motifs is 1. The molecule has 0 spiro atoms. The van der Waals surface area contributed by atoms with E-state index < -0.39 is 0 Å². The van der Waals surface area contributed by atoms with Crippen molar-refractivity contribution in [2.75, 3.05) is 76.3 Å². The molecule has 4 heterocycles. The summed E-state index contributed by atoms with van der Waals surface area (Å²) < 4.78 is 5.19. The zero-order valence-corrected chi connectivity index (χ0v) is 22.9. The third-order valence-corrected chi connectivity index (χ3v) is 7.93. The number of likely N-dealkylation sites (tertiary alicyclic amines) is 1. The first kappa shape index (κ1) is 26.2. The molecule has 2 fully saturated rings. The highest BCUT2D eigenvalue weighted by Crippen LogP contribution is 2.32. The number of nitrogens with one attached hydrogen (secondary N) is 2. The number of aromatic amines is 1. The normalized spacial score (nSPS) is 18.1. The fraction of sp³-hybridized carbons (Fsp3) is 0.571. The van der Waals surface area contributed by atoms with Crippen LogP contribution in [0.15, 0.2) is 30.5 Å². The van der Waals surface area contributed by atoms with Gasteiger partial charge in [-0.15, -0.1) is 0 Å². The van der Waals surface area contributed by atoms with E-state index in [1.54, 1.807) is 13.3 Å². The van der Waals surface area contributed by atoms with E-state index in [1.807, 2.05) is 0 Å². The molecule has 0 unspecified atom stereocenters. The fourth-order valence-corrected chi connectivity index (χ4v) is 5.71. The molecule has 0 radical (unpaired) electrons. The predicted molar refractivity (Wildman–Crippen MR) is 153 cm³/mol. The molecule has 8 nitrogen and oxygen atoms in total. The summed E-state index contributed by atoms with van der Waals surface area (Å²) in [5, 5.41) is 4.32. The minimum Gasteiger partial charge on any atom is -0.385 e. The van der Waals surface area contributed by atoms with Crippen LogP contribution in [0.25, 0.3) is 22.6 Å². The number of anilines is 2. The third kappa shape index (κ3) is 6.37. The van der Waals surface area contributed by atoms with Crippen molar-refractivity contribution in [3.8, 4) is 11.4 Å². The maximum Gasteiger partial charge on any atom is 0.159 e. The maximum atomic E-state index is 6.60. The van der Waals surface area contributed by atoms with Gasteiger partial charge in [0, 0.05) is 76.8 Å². The molecule has 5 rings (SSSR count). The zero-order chi connectivity index (χ0) is 25.6. The highest BCUT2D eigenvalue weighted by Gasteiger charge is 2.22. The fourth-order valence-electron chi connectivity index (χ4n) is 5.52. The Morgan fingerprint density at radius 1 is 1.03 bits per heavy atom. The lowest BCUT2D eigenvalue weighted by Crippen LogP contribution is -2.46. The van der Waals surface area contributed by atoms with Crippen LogP contribution >= 0.6 is 11.6 Å². The monoisotopic (exact) mass is 525 g/mol. The van der Waals surface area contributed by atoms with Crippen LogP contribution < -0.4 is 10.2 Å². The van der Waals surface area contributed by atoms with Crippen LogP contribution in [0, 0.1) is 0 Å². The Morgan fingerprint density at radius 3 is 2.46 bits per heavy atom. The topological polar surface area (TPSA) is 72.6 Å². The summed E-state index contributed by atoms with van der Waals surface area (Å²) in [7, 11) is 1.77. The number of hydrogen-bond donors (Lipinski definition) is 2. The number of halogens is 1. The minimum absolute atomic E-state index is 0.399. The molecule has 2 N–H and O–H groups in total. The summed E-state index contributed by atoms with van der Waals surface area (Å²) in [5.74, 6) is 0.820. The van der Waals surface area contributed by atoms with Crippen LogP contribution in [0.5, 0.6) is 0 Å². The molecular weight excluding hydrogens is 486 g/mol. The molecule has 9 heteroatoms. The number of H-pyrrole nitrogens is 1. The number of piperidine rings is 1. The average molecular weight is 526 g/mol. The molecular formula is C28H40ClN7O. The summed E-state index contributed by atoms with van der Waals surface area (Å²) in [5.41, 5.74) is 4.78. The first-order valence-corrected chi connectivity index (χ1v) is 14.1. The molecule has 0 atom stereocenters. The summed E-state index contributed by atoms with van der Waals surface area (Å²) in [6, 6.07) is 9.10. The van der Waals surface area contributed by atoms with E-state index >= 15 is 0 Å². The Labute approximate surface area is 225 Å². The Kier molecular flexibility index (Phi) is 8.81.